The van der Waals surface area contributed by atoms with Gasteiger partial charge in [0.15, 0.2) is 0 Å². The number of imidazole rings is 1. The molecule has 0 aliphatic rings. The lowest BCUT2D eigenvalue weighted by atomic mass is 10.1. The zero-order valence-electron chi connectivity index (χ0n) is 10.6. The molecule has 0 amide bonds. The van der Waals surface area contributed by atoms with E-state index in [0.717, 1.165) is 22.6 Å². The zero-order chi connectivity index (χ0) is 13.4. The molecule has 3 aromatic heterocycles. The van der Waals surface area contributed by atoms with Gasteiger partial charge in [-0.3, -0.25) is 4.40 Å². The summed E-state index contributed by atoms with van der Waals surface area (Å²) in [7, 11) is 0. The van der Waals surface area contributed by atoms with Gasteiger partial charge in [0, 0.05) is 29.7 Å². The summed E-state index contributed by atoms with van der Waals surface area (Å²) >= 11 is 0. The molecule has 0 bridgehead atoms. The largest absolute Gasteiger partial charge is 0.464 e. The number of benzene rings is 1. The minimum Gasteiger partial charge on any atom is -0.464 e. The molecule has 0 unspecified atom stereocenters. The summed E-state index contributed by atoms with van der Waals surface area (Å²) in [5.41, 5.74) is 2.99. The van der Waals surface area contributed by atoms with Gasteiger partial charge in [-0.2, -0.15) is 0 Å². The molecule has 0 spiro atoms. The van der Waals surface area contributed by atoms with Gasteiger partial charge in [-0.1, -0.05) is 18.2 Å². The van der Waals surface area contributed by atoms with Crippen LogP contribution in [0.2, 0.25) is 0 Å². The van der Waals surface area contributed by atoms with Gasteiger partial charge in [0.2, 0.25) is 5.78 Å². The quantitative estimate of drug-likeness (QED) is 0.553. The number of nitrogens with zero attached hydrogens (tertiary/aromatic N) is 3. The maximum Gasteiger partial charge on any atom is 0.234 e. The number of aromatic nitrogens is 3. The van der Waals surface area contributed by atoms with Gasteiger partial charge in [-0.05, 0) is 24.3 Å². The Morgan fingerprint density at radius 1 is 1.00 bits per heavy atom. The van der Waals surface area contributed by atoms with E-state index in [4.69, 9.17) is 4.42 Å². The van der Waals surface area contributed by atoms with Crippen molar-refractivity contribution in [3.63, 3.8) is 0 Å². The van der Waals surface area contributed by atoms with Gasteiger partial charge in [-0.15, -0.1) is 0 Å². The summed E-state index contributed by atoms with van der Waals surface area (Å²) in [5.74, 6) is 1.56. The first-order valence-corrected chi connectivity index (χ1v) is 6.34. The van der Waals surface area contributed by atoms with Gasteiger partial charge in [0.1, 0.15) is 5.76 Å². The lowest BCUT2D eigenvalue weighted by molar-refractivity contribution is 0.582. The highest BCUT2D eigenvalue weighted by Gasteiger charge is 2.07. The van der Waals surface area contributed by atoms with Crippen LogP contribution < -0.4 is 0 Å². The minimum absolute atomic E-state index is 0.700. The maximum absolute atomic E-state index is 5.43. The number of rotatable bonds is 2. The molecule has 0 fully saturated rings. The van der Waals surface area contributed by atoms with Gasteiger partial charge in [0.05, 0.1) is 12.0 Å². The Labute approximate surface area is 115 Å². The molecule has 0 saturated heterocycles. The molecule has 20 heavy (non-hydrogen) atoms. The molecule has 0 aliphatic heterocycles. The third kappa shape index (κ3) is 1.78. The summed E-state index contributed by atoms with van der Waals surface area (Å²) < 4.78 is 7.34. The third-order valence-electron chi connectivity index (χ3n) is 3.20. The average Bonchev–Trinajstić information content (AvgIpc) is 3.16. The van der Waals surface area contributed by atoms with E-state index in [-0.39, 0.29) is 0 Å². The Bertz CT molecular complexity index is 829. The Morgan fingerprint density at radius 2 is 1.95 bits per heavy atom. The predicted octanol–water partition coefficient (Wildman–Crippen LogP) is 3.66. The van der Waals surface area contributed by atoms with Crippen LogP contribution in [0.5, 0.6) is 0 Å². The standard InChI is InChI=1S/C16H11N3O/c1-4-12(10-13(5-1)15-6-2-9-20-15)14-11-19-8-3-7-17-16(19)18-14/h1-11H. The van der Waals surface area contributed by atoms with Crippen LogP contribution in [0.25, 0.3) is 28.4 Å². The van der Waals surface area contributed by atoms with Gasteiger partial charge < -0.3 is 4.42 Å². The molecule has 3 heterocycles. The normalized spacial score (nSPS) is 11.0. The Balaban J connectivity index is 1.84. The lowest BCUT2D eigenvalue weighted by Crippen LogP contribution is -1.83. The Hall–Kier alpha value is -2.88. The van der Waals surface area contributed by atoms with Crippen LogP contribution in [0.15, 0.2) is 71.7 Å². The van der Waals surface area contributed by atoms with Crippen molar-refractivity contribution in [2.45, 2.75) is 0 Å². The molecular formula is C16H11N3O. The third-order valence-corrected chi connectivity index (χ3v) is 3.20. The number of hydrogen-bond acceptors (Lipinski definition) is 3. The van der Waals surface area contributed by atoms with Gasteiger partial charge in [-0.25, -0.2) is 9.97 Å². The van der Waals surface area contributed by atoms with E-state index in [0.29, 0.717) is 5.78 Å². The van der Waals surface area contributed by atoms with E-state index in [1.54, 1.807) is 12.5 Å². The lowest BCUT2D eigenvalue weighted by Gasteiger charge is -2.00. The Morgan fingerprint density at radius 3 is 2.80 bits per heavy atom. The zero-order valence-corrected chi connectivity index (χ0v) is 10.6. The highest BCUT2D eigenvalue weighted by molar-refractivity contribution is 5.69. The van der Waals surface area contributed by atoms with Gasteiger partial charge >= 0.3 is 0 Å². The van der Waals surface area contributed by atoms with Crippen molar-refractivity contribution in [1.29, 1.82) is 0 Å². The van der Waals surface area contributed by atoms with Crippen molar-refractivity contribution in [3.8, 4) is 22.6 Å². The fourth-order valence-electron chi connectivity index (χ4n) is 2.24. The second kappa shape index (κ2) is 4.35. The molecule has 1 aromatic carbocycles. The van der Waals surface area contributed by atoms with Gasteiger partial charge in [0.25, 0.3) is 0 Å². The molecule has 4 aromatic rings. The fraction of sp³-hybridized carbons (Fsp3) is 0. The highest BCUT2D eigenvalue weighted by Crippen LogP contribution is 2.26. The smallest absolute Gasteiger partial charge is 0.234 e. The van der Waals surface area contributed by atoms with Crippen molar-refractivity contribution >= 4 is 5.78 Å². The van der Waals surface area contributed by atoms with E-state index in [1.165, 1.54) is 0 Å². The summed E-state index contributed by atoms with van der Waals surface area (Å²) in [6, 6.07) is 13.9. The monoisotopic (exact) mass is 261 g/mol. The topological polar surface area (TPSA) is 43.3 Å². The molecule has 4 nitrogen and oxygen atoms in total. The molecule has 0 radical (unpaired) electrons. The van der Waals surface area contributed by atoms with E-state index in [1.807, 2.05) is 53.2 Å². The number of fused-ring (bicyclic) bond motifs is 1. The van der Waals surface area contributed by atoms with Crippen LogP contribution in [0.1, 0.15) is 0 Å². The SMILES string of the molecule is c1cc(-c2cn3cccnc3n2)cc(-c2ccco2)c1. The summed E-state index contributed by atoms with van der Waals surface area (Å²) in [4.78, 5) is 8.76. The highest BCUT2D eigenvalue weighted by atomic mass is 16.3. The predicted molar refractivity (Wildman–Crippen MR) is 76.1 cm³/mol. The van der Waals surface area contributed by atoms with Crippen molar-refractivity contribution in [2.75, 3.05) is 0 Å². The first-order chi connectivity index (χ1) is 9.90. The average molecular weight is 261 g/mol. The second-order valence-corrected chi connectivity index (χ2v) is 4.51. The molecular weight excluding hydrogens is 250 g/mol. The van der Waals surface area contributed by atoms with Crippen molar-refractivity contribution < 1.29 is 4.42 Å². The van der Waals surface area contributed by atoms with Crippen LogP contribution in [0.3, 0.4) is 0 Å². The van der Waals surface area contributed by atoms with Crippen molar-refractivity contribution in [1.82, 2.24) is 14.4 Å². The van der Waals surface area contributed by atoms with E-state index < -0.39 is 0 Å². The first-order valence-electron chi connectivity index (χ1n) is 6.34. The summed E-state index contributed by atoms with van der Waals surface area (Å²) in [6.07, 6.45) is 7.33. The molecule has 0 atom stereocenters. The number of hydrogen-bond donors (Lipinski definition) is 0. The molecule has 4 heteroatoms. The van der Waals surface area contributed by atoms with E-state index in [9.17, 15) is 0 Å². The molecule has 0 N–H and O–H groups in total. The van der Waals surface area contributed by atoms with Crippen LogP contribution in [0.4, 0.5) is 0 Å². The summed E-state index contributed by atoms with van der Waals surface area (Å²) in [6.45, 7) is 0. The molecule has 0 aliphatic carbocycles. The van der Waals surface area contributed by atoms with Crippen LogP contribution in [0, 0.1) is 0 Å². The maximum atomic E-state index is 5.43. The van der Waals surface area contributed by atoms with Crippen molar-refractivity contribution in [3.05, 3.63) is 67.3 Å². The second-order valence-electron chi connectivity index (χ2n) is 4.51. The summed E-state index contributed by atoms with van der Waals surface area (Å²) in [5, 5.41) is 0. The van der Waals surface area contributed by atoms with Crippen molar-refractivity contribution in [2.24, 2.45) is 0 Å². The first kappa shape index (κ1) is 11.0. The number of furan rings is 1. The van der Waals surface area contributed by atoms with E-state index in [2.05, 4.69) is 16.0 Å². The van der Waals surface area contributed by atoms with Crippen LogP contribution >= 0.6 is 0 Å². The van der Waals surface area contributed by atoms with Crippen LogP contribution in [-0.2, 0) is 0 Å². The Kier molecular flexibility index (Phi) is 2.39. The molecule has 96 valence electrons. The fourth-order valence-corrected chi connectivity index (χ4v) is 2.24. The molecule has 0 saturated carbocycles. The van der Waals surface area contributed by atoms with Crippen LogP contribution in [-0.4, -0.2) is 14.4 Å². The van der Waals surface area contributed by atoms with E-state index >= 15 is 0 Å². The minimum atomic E-state index is 0.700. The molecule has 4 rings (SSSR count).